The summed E-state index contributed by atoms with van der Waals surface area (Å²) in [5, 5.41) is 28.8. The summed E-state index contributed by atoms with van der Waals surface area (Å²) >= 11 is 1.42. The van der Waals surface area contributed by atoms with Gasteiger partial charge in [0.25, 0.3) is 0 Å². The number of carbonyl (C=O) groups is 3. The van der Waals surface area contributed by atoms with Gasteiger partial charge in [-0.15, -0.1) is 11.8 Å². The van der Waals surface area contributed by atoms with Gasteiger partial charge in [-0.25, -0.2) is 0 Å². The molecule has 8 heteroatoms. The van der Waals surface area contributed by atoms with E-state index in [0.717, 1.165) is 28.2 Å². The number of aryl methyl sites for hydroxylation is 1. The summed E-state index contributed by atoms with van der Waals surface area (Å²) in [5.74, 6) is -2.00. The van der Waals surface area contributed by atoms with Gasteiger partial charge in [-0.2, -0.15) is 0 Å². The van der Waals surface area contributed by atoms with Crippen molar-refractivity contribution < 1.29 is 29.7 Å². The quantitative estimate of drug-likeness (QED) is 0.0995. The van der Waals surface area contributed by atoms with Gasteiger partial charge in [0.15, 0.2) is 0 Å². The fourth-order valence-electron chi connectivity index (χ4n) is 4.36. The standard InChI is InChI=1S/C30H41NO6S/c1-2-3-4-5-6-7-8-11-23-16-18-24(19-17-23)30(27(33)14-10-15-28(34)35)38-26-13-9-12-25(20-26)31(22-32)21-29(36)37/h9,12-13,16-20,22,27,30,33H,2-8,10-11,14-15,21H2,1H3,(H,34,35)(H,36,37). The average Bonchev–Trinajstić information content (AvgIpc) is 2.90. The van der Waals surface area contributed by atoms with Gasteiger partial charge in [0, 0.05) is 17.0 Å². The molecule has 0 aliphatic rings. The lowest BCUT2D eigenvalue weighted by Crippen LogP contribution is -2.28. The number of carboxylic acids is 2. The van der Waals surface area contributed by atoms with Crippen LogP contribution in [0.25, 0.3) is 0 Å². The van der Waals surface area contributed by atoms with Crippen LogP contribution in [0, 0.1) is 0 Å². The number of hydrogen-bond acceptors (Lipinski definition) is 5. The number of amides is 1. The molecule has 208 valence electrons. The third kappa shape index (κ3) is 11.7. The average molecular weight is 544 g/mol. The lowest BCUT2D eigenvalue weighted by molar-refractivity contribution is -0.137. The molecule has 0 bridgehead atoms. The van der Waals surface area contributed by atoms with Crippen LogP contribution in [0.5, 0.6) is 0 Å². The summed E-state index contributed by atoms with van der Waals surface area (Å²) in [6.45, 7) is 1.78. The second-order valence-corrected chi connectivity index (χ2v) is 10.8. The zero-order valence-electron chi connectivity index (χ0n) is 22.3. The van der Waals surface area contributed by atoms with E-state index >= 15 is 0 Å². The summed E-state index contributed by atoms with van der Waals surface area (Å²) in [4.78, 5) is 35.4. The number of rotatable bonds is 20. The molecule has 0 heterocycles. The maximum absolute atomic E-state index is 11.4. The van der Waals surface area contributed by atoms with Gasteiger partial charge >= 0.3 is 11.9 Å². The minimum Gasteiger partial charge on any atom is -0.481 e. The molecule has 2 unspecified atom stereocenters. The van der Waals surface area contributed by atoms with Crippen molar-refractivity contribution in [3.05, 3.63) is 59.7 Å². The highest BCUT2D eigenvalue weighted by molar-refractivity contribution is 7.99. The Bertz CT molecular complexity index is 996. The topological polar surface area (TPSA) is 115 Å². The number of anilines is 1. The number of aliphatic hydroxyl groups is 1. The van der Waals surface area contributed by atoms with Crippen LogP contribution < -0.4 is 4.90 Å². The Morgan fingerprint density at radius 3 is 2.24 bits per heavy atom. The molecule has 2 aromatic rings. The van der Waals surface area contributed by atoms with Crippen LogP contribution >= 0.6 is 11.8 Å². The van der Waals surface area contributed by atoms with Crippen molar-refractivity contribution in [1.29, 1.82) is 0 Å². The first kappa shape index (κ1) is 31.4. The van der Waals surface area contributed by atoms with Crippen molar-refractivity contribution in [2.75, 3.05) is 11.4 Å². The fraction of sp³-hybridized carbons (Fsp3) is 0.500. The molecule has 2 rings (SSSR count). The Morgan fingerprint density at radius 2 is 1.61 bits per heavy atom. The van der Waals surface area contributed by atoms with Crippen LogP contribution in [0.4, 0.5) is 5.69 Å². The maximum atomic E-state index is 11.4. The summed E-state index contributed by atoms with van der Waals surface area (Å²) in [6, 6.07) is 15.2. The summed E-state index contributed by atoms with van der Waals surface area (Å²) < 4.78 is 0. The van der Waals surface area contributed by atoms with Gasteiger partial charge in [0.05, 0.1) is 11.4 Å². The Labute approximate surface area is 230 Å². The second-order valence-electron chi connectivity index (χ2n) is 9.63. The zero-order valence-corrected chi connectivity index (χ0v) is 23.1. The number of aliphatic carboxylic acids is 2. The van der Waals surface area contributed by atoms with Gasteiger partial charge in [-0.1, -0.05) is 75.8 Å². The Hall–Kier alpha value is -2.84. The third-order valence-corrected chi connectivity index (χ3v) is 7.83. The molecular formula is C30H41NO6S. The van der Waals surface area contributed by atoms with Crippen LogP contribution in [0.3, 0.4) is 0 Å². The molecule has 3 N–H and O–H groups in total. The lowest BCUT2D eigenvalue weighted by atomic mass is 9.99. The largest absolute Gasteiger partial charge is 0.481 e. The zero-order chi connectivity index (χ0) is 27.8. The Balaban J connectivity index is 2.11. The third-order valence-electron chi connectivity index (χ3n) is 6.46. The molecule has 2 atom stereocenters. The molecule has 7 nitrogen and oxygen atoms in total. The highest BCUT2D eigenvalue weighted by atomic mass is 32.2. The molecule has 0 fully saturated rings. The molecule has 0 spiro atoms. The van der Waals surface area contributed by atoms with Crippen molar-refractivity contribution >= 4 is 35.8 Å². The SMILES string of the molecule is CCCCCCCCCc1ccc(C(Sc2cccc(N(C=O)CC(=O)O)c2)C(O)CCCC(=O)O)cc1. The van der Waals surface area contributed by atoms with Crippen LogP contribution in [0.15, 0.2) is 53.4 Å². The van der Waals surface area contributed by atoms with Gasteiger partial charge in [0.1, 0.15) is 6.54 Å². The molecule has 0 aromatic heterocycles. The number of hydrogen-bond donors (Lipinski definition) is 3. The number of aliphatic hydroxyl groups excluding tert-OH is 1. The molecule has 0 aliphatic carbocycles. The van der Waals surface area contributed by atoms with E-state index in [4.69, 9.17) is 10.2 Å². The smallest absolute Gasteiger partial charge is 0.323 e. The van der Waals surface area contributed by atoms with E-state index in [0.29, 0.717) is 24.9 Å². The van der Waals surface area contributed by atoms with Crippen LogP contribution in [-0.2, 0) is 20.8 Å². The summed E-state index contributed by atoms with van der Waals surface area (Å²) in [6.07, 6.45) is 10.2. The van der Waals surface area contributed by atoms with Crippen molar-refractivity contribution in [3.8, 4) is 0 Å². The number of carbonyl (C=O) groups excluding carboxylic acids is 1. The number of thioether (sulfide) groups is 1. The highest BCUT2D eigenvalue weighted by Gasteiger charge is 2.23. The minimum absolute atomic E-state index is 0.00913. The van der Waals surface area contributed by atoms with Crippen molar-refractivity contribution in [3.63, 3.8) is 0 Å². The van der Waals surface area contributed by atoms with Crippen LogP contribution in [0.2, 0.25) is 0 Å². The van der Waals surface area contributed by atoms with Gasteiger partial charge in [-0.05, 0) is 55.0 Å². The van der Waals surface area contributed by atoms with E-state index < -0.39 is 24.6 Å². The molecule has 0 aliphatic heterocycles. The van der Waals surface area contributed by atoms with Gasteiger partial charge in [0.2, 0.25) is 6.41 Å². The van der Waals surface area contributed by atoms with E-state index in [-0.39, 0.29) is 11.7 Å². The van der Waals surface area contributed by atoms with Crippen LogP contribution in [-0.4, -0.2) is 46.3 Å². The van der Waals surface area contributed by atoms with E-state index in [1.165, 1.54) is 55.9 Å². The van der Waals surface area contributed by atoms with Gasteiger partial charge in [-0.3, -0.25) is 14.4 Å². The molecule has 38 heavy (non-hydrogen) atoms. The maximum Gasteiger partial charge on any atom is 0.323 e. The molecule has 0 radical (unpaired) electrons. The lowest BCUT2D eigenvalue weighted by Gasteiger charge is -2.24. The number of nitrogens with zero attached hydrogens (tertiary/aromatic N) is 1. The first-order valence-corrected chi connectivity index (χ1v) is 14.4. The monoisotopic (exact) mass is 543 g/mol. The molecule has 0 saturated heterocycles. The number of unbranched alkanes of at least 4 members (excludes halogenated alkanes) is 6. The minimum atomic E-state index is -1.11. The molecule has 2 aromatic carbocycles. The van der Waals surface area contributed by atoms with Crippen molar-refractivity contribution in [2.24, 2.45) is 0 Å². The normalized spacial score (nSPS) is 12.6. The van der Waals surface area contributed by atoms with Crippen LogP contribution in [0.1, 0.15) is 87.5 Å². The Morgan fingerprint density at radius 1 is 0.921 bits per heavy atom. The predicted molar refractivity (Wildman–Crippen MR) is 152 cm³/mol. The Kier molecular flexibility index (Phi) is 14.6. The van der Waals surface area contributed by atoms with Gasteiger partial charge < -0.3 is 20.2 Å². The highest BCUT2D eigenvalue weighted by Crippen LogP contribution is 2.40. The molecule has 0 saturated carbocycles. The van der Waals surface area contributed by atoms with Crippen molar-refractivity contribution in [2.45, 2.75) is 93.8 Å². The number of benzene rings is 2. The first-order chi connectivity index (χ1) is 18.3. The summed E-state index contributed by atoms with van der Waals surface area (Å²) in [7, 11) is 0. The second kappa shape index (κ2) is 17.6. The first-order valence-electron chi connectivity index (χ1n) is 13.5. The molecule has 1 amide bonds. The molecular weight excluding hydrogens is 502 g/mol. The number of carboxylic acid groups (broad SMARTS) is 2. The van der Waals surface area contributed by atoms with Crippen molar-refractivity contribution in [1.82, 2.24) is 0 Å². The van der Waals surface area contributed by atoms with E-state index in [9.17, 15) is 19.5 Å². The summed E-state index contributed by atoms with van der Waals surface area (Å²) in [5.41, 5.74) is 2.64. The van der Waals surface area contributed by atoms with E-state index in [1.807, 2.05) is 18.2 Å². The van der Waals surface area contributed by atoms with E-state index in [2.05, 4.69) is 19.1 Å². The fourth-order valence-corrected chi connectivity index (χ4v) is 5.59. The predicted octanol–water partition coefficient (Wildman–Crippen LogP) is 6.48. The van der Waals surface area contributed by atoms with E-state index in [1.54, 1.807) is 18.2 Å².